The molecular formula is C21H17F20N5S6. The van der Waals surface area contributed by atoms with Gasteiger partial charge in [0, 0.05) is 17.2 Å². The van der Waals surface area contributed by atoms with Gasteiger partial charge in [-0.2, -0.15) is 87.8 Å². The first kappa shape index (κ1) is 47.0. The zero-order chi connectivity index (χ0) is 40.8. The van der Waals surface area contributed by atoms with E-state index < -0.39 is 116 Å². The molecule has 0 aliphatic carbocycles. The molecule has 2 aromatic rings. The molecule has 2 aromatic heterocycles. The van der Waals surface area contributed by atoms with Crippen LogP contribution in [0.2, 0.25) is 0 Å². The summed E-state index contributed by atoms with van der Waals surface area (Å²) in [4.78, 5) is 0. The largest absolute Gasteiger partial charge is 0.455 e. The van der Waals surface area contributed by atoms with E-state index in [2.05, 4.69) is 37.3 Å². The van der Waals surface area contributed by atoms with Crippen molar-refractivity contribution in [2.24, 2.45) is 0 Å². The van der Waals surface area contributed by atoms with E-state index >= 15 is 0 Å². The Hall–Kier alpha value is -1.18. The lowest BCUT2D eigenvalue weighted by molar-refractivity contribution is -0.288. The Bertz CT molecular complexity index is 1680. The number of rotatable bonds is 15. The van der Waals surface area contributed by atoms with E-state index in [0.717, 1.165) is 0 Å². The summed E-state index contributed by atoms with van der Waals surface area (Å²) in [7, 11) is 0. The number of nitrogens with one attached hydrogen (secondary N) is 1. The first-order chi connectivity index (χ1) is 23.0. The van der Waals surface area contributed by atoms with Crippen molar-refractivity contribution in [3.63, 3.8) is 0 Å². The molecule has 0 saturated heterocycles. The minimum Gasteiger partial charge on any atom is -0.314 e. The van der Waals surface area contributed by atoms with Gasteiger partial charge in [-0.05, 0) is 43.3 Å². The van der Waals surface area contributed by atoms with E-state index in [4.69, 9.17) is 0 Å². The lowest BCUT2D eigenvalue weighted by Crippen LogP contribution is -2.41. The van der Waals surface area contributed by atoms with Crippen molar-refractivity contribution in [2.45, 2.75) is 96.6 Å². The molecule has 0 aromatic carbocycles. The van der Waals surface area contributed by atoms with Crippen molar-refractivity contribution in [1.82, 2.24) is 22.4 Å². The van der Waals surface area contributed by atoms with E-state index in [1.807, 2.05) is 4.13 Å². The van der Waals surface area contributed by atoms with E-state index in [1.54, 1.807) is 0 Å². The molecule has 2 rings (SSSR count). The second kappa shape index (κ2) is 15.8. The van der Waals surface area contributed by atoms with Gasteiger partial charge in [0.05, 0.1) is 31.2 Å². The molecule has 0 amide bonds. The standard InChI is InChI=1S/C21H17F20N5S6/c1-8-9(44(5-15(24,25)19(33,34)35)12(47)43(8)4-14(22,23)18(30,31)32)50-2-3-51-10-11(52-42-49)46(7-17(28,29)21(39,40)41)13(48)45(10)6-16(26,27)20(36,37)38/h42,49H,2-7H2,1H3. The molecule has 52 heavy (non-hydrogen) atoms. The average molecular weight is 912 g/mol. The van der Waals surface area contributed by atoms with Crippen LogP contribution in [0, 0.1) is 16.5 Å². The van der Waals surface area contributed by atoms with Gasteiger partial charge in [0.15, 0.2) is 9.54 Å². The second-order valence-corrected chi connectivity index (χ2v) is 14.3. The van der Waals surface area contributed by atoms with Crippen molar-refractivity contribution in [2.75, 3.05) is 11.5 Å². The van der Waals surface area contributed by atoms with Crippen LogP contribution in [-0.4, -0.2) is 78.2 Å². The van der Waals surface area contributed by atoms with E-state index in [-0.39, 0.29) is 53.7 Å². The van der Waals surface area contributed by atoms with E-state index in [9.17, 15) is 87.8 Å². The maximum Gasteiger partial charge on any atom is 0.455 e. The van der Waals surface area contributed by atoms with Gasteiger partial charge in [-0.1, -0.05) is 12.8 Å². The topological polar surface area (TPSA) is 31.8 Å². The van der Waals surface area contributed by atoms with Crippen LogP contribution in [0.25, 0.3) is 0 Å². The second-order valence-electron chi connectivity index (χ2n) is 10.1. The molecule has 2 heterocycles. The predicted octanol–water partition coefficient (Wildman–Crippen LogP) is 10.8. The van der Waals surface area contributed by atoms with Gasteiger partial charge in [-0.3, -0.25) is 0 Å². The van der Waals surface area contributed by atoms with Crippen molar-refractivity contribution in [3.8, 4) is 0 Å². The summed E-state index contributed by atoms with van der Waals surface area (Å²) in [5, 5.41) is -2.76. The Morgan fingerprint density at radius 2 is 0.750 bits per heavy atom. The lowest BCUT2D eigenvalue weighted by Gasteiger charge is -2.21. The molecular weight excluding hydrogens is 895 g/mol. The van der Waals surface area contributed by atoms with Crippen LogP contribution in [0.15, 0.2) is 15.1 Å². The summed E-state index contributed by atoms with van der Waals surface area (Å²) in [6, 6.07) is 0. The summed E-state index contributed by atoms with van der Waals surface area (Å²) in [5.41, 5.74) is -0.814. The monoisotopic (exact) mass is 911 g/mol. The number of aromatic nitrogens is 4. The van der Waals surface area contributed by atoms with Gasteiger partial charge in [-0.25, -0.2) is 4.13 Å². The van der Waals surface area contributed by atoms with Gasteiger partial charge in [-0.15, -0.1) is 23.5 Å². The van der Waals surface area contributed by atoms with Crippen molar-refractivity contribution < 1.29 is 87.8 Å². The first-order valence-electron chi connectivity index (χ1n) is 12.8. The molecule has 0 spiro atoms. The summed E-state index contributed by atoms with van der Waals surface area (Å²) in [6.07, 6.45) is -25.2. The third-order valence-electron chi connectivity index (χ3n) is 6.35. The highest BCUT2D eigenvalue weighted by Gasteiger charge is 2.61. The number of imidazole rings is 2. The van der Waals surface area contributed by atoms with Crippen LogP contribution in [0.3, 0.4) is 0 Å². The number of hydrogen-bond acceptors (Lipinski definition) is 7. The fourth-order valence-electron chi connectivity index (χ4n) is 3.74. The fourth-order valence-corrected chi connectivity index (χ4v) is 7.90. The highest BCUT2D eigenvalue weighted by Crippen LogP contribution is 2.44. The Balaban J connectivity index is 2.65. The Kier molecular flexibility index (Phi) is 14.2. The van der Waals surface area contributed by atoms with Gasteiger partial charge in [0.1, 0.15) is 10.1 Å². The van der Waals surface area contributed by atoms with Gasteiger partial charge in [0.25, 0.3) is 0 Å². The number of nitrogens with zero attached hydrogens (tertiary/aromatic N) is 4. The first-order valence-corrected chi connectivity index (χ1v) is 16.8. The molecule has 0 unspecified atom stereocenters. The minimum absolute atomic E-state index is 0.0101. The maximum absolute atomic E-state index is 14.1. The zero-order valence-corrected chi connectivity index (χ0v) is 29.6. The Morgan fingerprint density at radius 3 is 1.08 bits per heavy atom. The fraction of sp³-hybridized carbons (Fsp3) is 0.714. The molecule has 0 aliphatic rings. The normalized spacial score (nSPS) is 14.5. The van der Waals surface area contributed by atoms with Crippen molar-refractivity contribution in [1.29, 1.82) is 0 Å². The average Bonchev–Trinajstić information content (AvgIpc) is 3.28. The molecule has 0 fully saturated rings. The minimum atomic E-state index is -6.33. The van der Waals surface area contributed by atoms with Crippen LogP contribution in [0.4, 0.5) is 87.8 Å². The molecule has 1 N–H and O–H groups in total. The number of hydrogen-bond donors (Lipinski definition) is 2. The van der Waals surface area contributed by atoms with Gasteiger partial charge in [0.2, 0.25) is 0 Å². The summed E-state index contributed by atoms with van der Waals surface area (Å²) >= 11 is 13.0. The number of thiol groups is 1. The molecule has 31 heteroatoms. The maximum atomic E-state index is 14.1. The highest BCUT2D eigenvalue weighted by atomic mass is 32.2. The van der Waals surface area contributed by atoms with Gasteiger partial charge >= 0.3 is 48.4 Å². The number of alkyl halides is 20. The van der Waals surface area contributed by atoms with Crippen molar-refractivity contribution in [3.05, 3.63) is 15.2 Å². The summed E-state index contributed by atoms with van der Waals surface area (Å²) < 4.78 is 266. The number of halogens is 20. The van der Waals surface area contributed by atoms with Crippen LogP contribution in [0.1, 0.15) is 5.69 Å². The van der Waals surface area contributed by atoms with Crippen LogP contribution in [-0.2, 0) is 26.2 Å². The summed E-state index contributed by atoms with van der Waals surface area (Å²) in [5.74, 6) is -24.1. The molecule has 5 nitrogen and oxygen atoms in total. The van der Waals surface area contributed by atoms with Crippen molar-refractivity contribution >= 4 is 72.7 Å². The zero-order valence-electron chi connectivity index (χ0n) is 24.6. The quantitative estimate of drug-likeness (QED) is 0.0463. The molecule has 0 radical (unpaired) electrons. The molecule has 0 saturated carbocycles. The van der Waals surface area contributed by atoms with Crippen LogP contribution >= 0.6 is 72.7 Å². The smallest absolute Gasteiger partial charge is 0.314 e. The SMILES string of the molecule is Cc1c(SCCSc2c(SNS)n(CC(F)(F)C(F)(F)F)c(=S)n2CC(F)(F)C(F)(F)F)n(CC(F)(F)C(F)(F)F)c(=S)n1CC(F)(F)C(F)(F)F. The summed E-state index contributed by atoms with van der Waals surface area (Å²) in [6.45, 7) is -9.09. The predicted molar refractivity (Wildman–Crippen MR) is 155 cm³/mol. The lowest BCUT2D eigenvalue weighted by atomic mass is 10.3. The molecule has 0 aliphatic heterocycles. The third-order valence-corrected chi connectivity index (χ3v) is 10.9. The Labute approximate surface area is 305 Å². The highest BCUT2D eigenvalue weighted by molar-refractivity contribution is 8.07. The van der Waals surface area contributed by atoms with E-state index in [0.29, 0.717) is 6.92 Å². The molecule has 302 valence electrons. The van der Waals surface area contributed by atoms with Crippen LogP contribution in [0.5, 0.6) is 0 Å². The number of thioether (sulfide) groups is 2. The third kappa shape index (κ3) is 10.2. The van der Waals surface area contributed by atoms with Crippen LogP contribution < -0.4 is 4.13 Å². The molecule has 0 atom stereocenters. The Morgan fingerprint density at radius 1 is 0.481 bits per heavy atom. The molecule has 0 bridgehead atoms. The van der Waals surface area contributed by atoms with E-state index in [1.165, 1.54) is 0 Å². The van der Waals surface area contributed by atoms with Gasteiger partial charge < -0.3 is 18.3 Å².